The molecule has 1 unspecified atom stereocenters. The lowest BCUT2D eigenvalue weighted by atomic mass is 10.0. The van der Waals surface area contributed by atoms with Crippen LogP contribution < -0.4 is 9.47 Å². The van der Waals surface area contributed by atoms with Crippen LogP contribution in [0.3, 0.4) is 0 Å². The molecule has 2 atom stereocenters. The number of hydrogen-bond acceptors (Lipinski definition) is 5. The van der Waals surface area contributed by atoms with Crippen molar-refractivity contribution in [3.8, 4) is 11.5 Å². The van der Waals surface area contributed by atoms with Crippen LogP contribution in [0.4, 0.5) is 4.79 Å². The average molecular weight is 551 g/mol. The molecule has 0 spiro atoms. The van der Waals surface area contributed by atoms with Crippen LogP contribution in [0.2, 0.25) is 0 Å². The van der Waals surface area contributed by atoms with Crippen molar-refractivity contribution in [2.24, 2.45) is 0 Å². The van der Waals surface area contributed by atoms with Gasteiger partial charge >= 0.3 is 6.09 Å². The van der Waals surface area contributed by atoms with Crippen molar-refractivity contribution in [2.75, 3.05) is 26.3 Å². The second kappa shape index (κ2) is 11.6. The lowest BCUT2D eigenvalue weighted by Crippen LogP contribution is -2.50. The van der Waals surface area contributed by atoms with Crippen molar-refractivity contribution in [3.05, 3.63) is 70.3 Å². The van der Waals surface area contributed by atoms with Gasteiger partial charge in [-0.05, 0) is 48.6 Å². The van der Waals surface area contributed by atoms with E-state index in [1.807, 2.05) is 85.5 Å². The molecule has 1 aliphatic heterocycles. The van der Waals surface area contributed by atoms with Gasteiger partial charge in [0.25, 0.3) is 0 Å². The van der Waals surface area contributed by atoms with E-state index < -0.39 is 11.7 Å². The molecule has 0 radical (unpaired) electrons. The number of amides is 1. The Bertz CT molecular complexity index is 897. The topological polar surface area (TPSA) is 57.2 Å². The largest absolute Gasteiger partial charge is 0.486 e. The summed E-state index contributed by atoms with van der Waals surface area (Å²) in [5.41, 5.74) is 0.411. The fourth-order valence-electron chi connectivity index (χ4n) is 3.33. The van der Waals surface area contributed by atoms with E-state index >= 15 is 0 Å². The standard InChI is InChI=1S/C25H30INO5/c1-25(2,3)32-24(28)27-15-17-30-22(18-27)23(19-10-5-4-6-11-19)31-21-13-8-7-12-20(21)29-16-9-14-26/h4-14,22-23H,15-18H2,1-3H3/b14-9+/t22?,23-/m0/s1. The zero-order valence-corrected chi connectivity index (χ0v) is 20.9. The summed E-state index contributed by atoms with van der Waals surface area (Å²) in [7, 11) is 0. The van der Waals surface area contributed by atoms with Gasteiger partial charge in [0, 0.05) is 6.54 Å². The van der Waals surface area contributed by atoms with Gasteiger partial charge in [0.2, 0.25) is 0 Å². The number of halogens is 1. The quantitative estimate of drug-likeness (QED) is 0.409. The van der Waals surface area contributed by atoms with Crippen LogP contribution in [0.25, 0.3) is 0 Å². The van der Waals surface area contributed by atoms with Gasteiger partial charge in [0.05, 0.1) is 13.2 Å². The van der Waals surface area contributed by atoms with Crippen LogP contribution in [0.15, 0.2) is 64.8 Å². The maximum atomic E-state index is 12.7. The highest BCUT2D eigenvalue weighted by molar-refractivity contribution is 14.1. The highest BCUT2D eigenvalue weighted by Crippen LogP contribution is 2.34. The molecule has 32 heavy (non-hydrogen) atoms. The van der Waals surface area contributed by atoms with Crippen LogP contribution in [0.5, 0.6) is 11.5 Å². The molecular formula is C25H30INO5. The number of hydrogen-bond donors (Lipinski definition) is 0. The smallest absolute Gasteiger partial charge is 0.410 e. The molecule has 1 amide bonds. The van der Waals surface area contributed by atoms with Crippen molar-refractivity contribution in [2.45, 2.75) is 38.6 Å². The van der Waals surface area contributed by atoms with Crippen molar-refractivity contribution in [1.82, 2.24) is 4.90 Å². The van der Waals surface area contributed by atoms with Gasteiger partial charge in [-0.3, -0.25) is 0 Å². The van der Waals surface area contributed by atoms with E-state index in [4.69, 9.17) is 18.9 Å². The molecule has 0 bridgehead atoms. The number of benzene rings is 2. The van der Waals surface area contributed by atoms with Crippen molar-refractivity contribution >= 4 is 28.7 Å². The third-order valence-electron chi connectivity index (χ3n) is 4.74. The van der Waals surface area contributed by atoms with E-state index in [2.05, 4.69) is 22.6 Å². The van der Waals surface area contributed by atoms with E-state index in [1.54, 1.807) is 4.90 Å². The predicted octanol–water partition coefficient (Wildman–Crippen LogP) is 5.77. The first-order valence-corrected chi connectivity index (χ1v) is 11.9. The Morgan fingerprint density at radius 2 is 1.84 bits per heavy atom. The lowest BCUT2D eigenvalue weighted by molar-refractivity contribution is -0.0840. The number of carbonyl (C=O) groups is 1. The van der Waals surface area contributed by atoms with Gasteiger partial charge in [0.1, 0.15) is 18.3 Å². The summed E-state index contributed by atoms with van der Waals surface area (Å²) in [4.78, 5) is 14.3. The van der Waals surface area contributed by atoms with Crippen LogP contribution in [0.1, 0.15) is 32.4 Å². The Labute approximate surface area is 203 Å². The Morgan fingerprint density at radius 3 is 2.53 bits per heavy atom. The zero-order valence-electron chi connectivity index (χ0n) is 18.7. The van der Waals surface area contributed by atoms with Gasteiger partial charge < -0.3 is 23.8 Å². The Kier molecular flexibility index (Phi) is 8.81. The molecule has 7 heteroatoms. The molecule has 1 heterocycles. The van der Waals surface area contributed by atoms with Gasteiger partial charge in [-0.1, -0.05) is 65.1 Å². The summed E-state index contributed by atoms with van der Waals surface area (Å²) < 4.78 is 25.9. The molecule has 1 saturated heterocycles. The first-order valence-electron chi connectivity index (χ1n) is 10.7. The normalized spacial score (nSPS) is 17.8. The minimum Gasteiger partial charge on any atom is -0.486 e. The highest BCUT2D eigenvalue weighted by Gasteiger charge is 2.35. The van der Waals surface area contributed by atoms with Gasteiger partial charge in [-0.2, -0.15) is 0 Å². The first-order chi connectivity index (χ1) is 15.4. The monoisotopic (exact) mass is 551 g/mol. The van der Waals surface area contributed by atoms with Crippen LogP contribution in [-0.4, -0.2) is 49.0 Å². The van der Waals surface area contributed by atoms with E-state index in [9.17, 15) is 4.79 Å². The average Bonchev–Trinajstić information content (AvgIpc) is 2.78. The molecule has 2 aromatic rings. The minimum absolute atomic E-state index is 0.341. The van der Waals surface area contributed by atoms with Crippen LogP contribution in [0, 0.1) is 0 Å². The molecule has 0 aromatic heterocycles. The van der Waals surface area contributed by atoms with Gasteiger partial charge in [0.15, 0.2) is 17.6 Å². The van der Waals surface area contributed by atoms with Gasteiger partial charge in [-0.15, -0.1) is 0 Å². The molecule has 1 fully saturated rings. The zero-order chi connectivity index (χ0) is 23.0. The molecule has 0 N–H and O–H groups in total. The van der Waals surface area contributed by atoms with Crippen molar-refractivity contribution in [1.29, 1.82) is 0 Å². The molecule has 2 aromatic carbocycles. The third-order valence-corrected chi connectivity index (χ3v) is 5.25. The molecule has 3 rings (SSSR count). The van der Waals surface area contributed by atoms with Gasteiger partial charge in [-0.25, -0.2) is 4.79 Å². The fraction of sp³-hybridized carbons (Fsp3) is 0.400. The summed E-state index contributed by atoms with van der Waals surface area (Å²) in [6, 6.07) is 17.5. The van der Waals surface area contributed by atoms with Crippen molar-refractivity contribution in [3.63, 3.8) is 0 Å². The van der Waals surface area contributed by atoms with E-state index in [-0.39, 0.29) is 12.2 Å². The van der Waals surface area contributed by atoms with E-state index in [0.29, 0.717) is 37.8 Å². The van der Waals surface area contributed by atoms with Crippen LogP contribution in [-0.2, 0) is 9.47 Å². The SMILES string of the molecule is CC(C)(C)OC(=O)N1CCOC([C@@H](Oc2ccccc2OC/C=C/I)c2ccccc2)C1. The van der Waals surface area contributed by atoms with E-state index in [0.717, 1.165) is 5.56 Å². The van der Waals surface area contributed by atoms with E-state index in [1.165, 1.54) is 0 Å². The highest BCUT2D eigenvalue weighted by atomic mass is 127. The number of para-hydroxylation sites is 2. The Morgan fingerprint density at radius 1 is 1.16 bits per heavy atom. The molecule has 6 nitrogen and oxygen atoms in total. The second-order valence-corrected chi connectivity index (χ2v) is 9.12. The van der Waals surface area contributed by atoms with Crippen LogP contribution >= 0.6 is 22.6 Å². The summed E-state index contributed by atoms with van der Waals surface area (Å²) in [6.45, 7) is 7.31. The maximum absolute atomic E-state index is 12.7. The predicted molar refractivity (Wildman–Crippen MR) is 132 cm³/mol. The number of carbonyl (C=O) groups excluding carboxylic acids is 1. The molecular weight excluding hydrogens is 521 g/mol. The fourth-order valence-corrected chi connectivity index (χ4v) is 3.54. The molecule has 0 saturated carbocycles. The van der Waals surface area contributed by atoms with Crippen molar-refractivity contribution < 1.29 is 23.7 Å². The number of nitrogens with zero attached hydrogens (tertiary/aromatic N) is 1. The summed E-state index contributed by atoms with van der Waals surface area (Å²) in [5, 5.41) is 0. The first kappa shape index (κ1) is 24.4. The maximum Gasteiger partial charge on any atom is 0.410 e. The second-order valence-electron chi connectivity index (χ2n) is 8.40. The summed E-state index contributed by atoms with van der Waals surface area (Å²) >= 11 is 2.16. The Hall–Kier alpha value is -2.26. The number of ether oxygens (including phenoxy) is 4. The minimum atomic E-state index is -0.553. The summed E-state index contributed by atoms with van der Waals surface area (Å²) in [6.07, 6.45) is 0.800. The lowest BCUT2D eigenvalue weighted by Gasteiger charge is -2.37. The molecule has 1 aliphatic rings. The number of rotatable bonds is 7. The molecule has 172 valence electrons. The third kappa shape index (κ3) is 7.13. The number of morpholine rings is 1. The Balaban J connectivity index is 1.82. The summed E-state index contributed by atoms with van der Waals surface area (Å²) in [5.74, 6) is 1.28. The molecule has 0 aliphatic carbocycles.